The first-order valence-corrected chi connectivity index (χ1v) is 3.17. The standard InChI is InChI=1S/C5H9ClN2O2/c1-3-10-5(9)4(6)8-7-2/h7H,3H2,1-2H3/b8-4+. The zero-order valence-electron chi connectivity index (χ0n) is 5.85. The highest BCUT2D eigenvalue weighted by Crippen LogP contribution is 1.88. The first-order chi connectivity index (χ1) is 4.72. The lowest BCUT2D eigenvalue weighted by atomic mass is 10.7. The minimum absolute atomic E-state index is 0.190. The van der Waals surface area contributed by atoms with E-state index in [1.807, 2.05) is 0 Å². The molecule has 10 heavy (non-hydrogen) atoms. The molecule has 0 atom stereocenters. The number of halogens is 1. The molecule has 0 saturated carbocycles. The Morgan fingerprint density at radius 1 is 1.80 bits per heavy atom. The van der Waals surface area contributed by atoms with Crippen LogP contribution in [0.25, 0.3) is 0 Å². The first-order valence-electron chi connectivity index (χ1n) is 2.79. The summed E-state index contributed by atoms with van der Waals surface area (Å²) < 4.78 is 4.51. The molecule has 0 aromatic heterocycles. The maximum atomic E-state index is 10.6. The number of esters is 1. The lowest BCUT2D eigenvalue weighted by molar-refractivity contribution is -0.134. The third-order valence-corrected chi connectivity index (χ3v) is 0.893. The van der Waals surface area contributed by atoms with Crippen LogP contribution in [0.1, 0.15) is 6.92 Å². The molecule has 0 unspecified atom stereocenters. The third-order valence-electron chi connectivity index (χ3n) is 0.654. The fraction of sp³-hybridized carbons (Fsp3) is 0.600. The van der Waals surface area contributed by atoms with Crippen molar-refractivity contribution < 1.29 is 9.53 Å². The zero-order valence-corrected chi connectivity index (χ0v) is 6.60. The van der Waals surface area contributed by atoms with Gasteiger partial charge in [-0.25, -0.2) is 4.79 Å². The van der Waals surface area contributed by atoms with E-state index in [9.17, 15) is 4.79 Å². The van der Waals surface area contributed by atoms with Crippen LogP contribution in [0.5, 0.6) is 0 Å². The van der Waals surface area contributed by atoms with Crippen molar-refractivity contribution in [1.82, 2.24) is 5.43 Å². The number of nitrogens with zero attached hydrogens (tertiary/aromatic N) is 1. The number of nitrogens with one attached hydrogen (secondary N) is 1. The Labute approximate surface area is 64.2 Å². The second-order valence-corrected chi connectivity index (χ2v) is 1.70. The van der Waals surface area contributed by atoms with Gasteiger partial charge < -0.3 is 10.2 Å². The summed E-state index contributed by atoms with van der Waals surface area (Å²) in [6, 6.07) is 0. The van der Waals surface area contributed by atoms with E-state index in [1.165, 1.54) is 0 Å². The van der Waals surface area contributed by atoms with Gasteiger partial charge in [-0.05, 0) is 6.92 Å². The van der Waals surface area contributed by atoms with Gasteiger partial charge in [-0.2, -0.15) is 5.10 Å². The van der Waals surface area contributed by atoms with E-state index >= 15 is 0 Å². The molecule has 0 aromatic rings. The van der Waals surface area contributed by atoms with E-state index in [2.05, 4.69) is 15.3 Å². The average molecular weight is 165 g/mol. The third kappa shape index (κ3) is 3.29. The molecule has 0 aromatic carbocycles. The molecular weight excluding hydrogens is 156 g/mol. The summed E-state index contributed by atoms with van der Waals surface area (Å²) in [5.41, 5.74) is 2.36. The topological polar surface area (TPSA) is 50.7 Å². The van der Waals surface area contributed by atoms with E-state index in [0.29, 0.717) is 6.61 Å². The Bertz CT molecular complexity index is 147. The molecule has 0 saturated heterocycles. The number of carbonyl (C=O) groups is 1. The predicted octanol–water partition coefficient (Wildman–Crippen LogP) is 0.321. The van der Waals surface area contributed by atoms with Crippen molar-refractivity contribution in [3.8, 4) is 0 Å². The van der Waals surface area contributed by atoms with Crippen molar-refractivity contribution in [3.63, 3.8) is 0 Å². The Kier molecular flexibility index (Phi) is 4.66. The number of hydrazone groups is 1. The second-order valence-electron chi connectivity index (χ2n) is 1.35. The molecular formula is C5H9ClN2O2. The summed E-state index contributed by atoms with van der Waals surface area (Å²) in [5, 5.41) is 3.21. The lowest BCUT2D eigenvalue weighted by Gasteiger charge is -1.96. The predicted molar refractivity (Wildman–Crippen MR) is 39.0 cm³/mol. The van der Waals surface area contributed by atoms with Gasteiger partial charge in [0.1, 0.15) is 0 Å². The van der Waals surface area contributed by atoms with Gasteiger partial charge >= 0.3 is 5.97 Å². The van der Waals surface area contributed by atoms with Crippen molar-refractivity contribution in [2.24, 2.45) is 5.10 Å². The molecule has 5 heteroatoms. The summed E-state index contributed by atoms with van der Waals surface area (Å²) in [4.78, 5) is 10.6. The van der Waals surface area contributed by atoms with Crippen molar-refractivity contribution >= 4 is 22.7 Å². The summed E-state index contributed by atoms with van der Waals surface area (Å²) in [6.45, 7) is 2.00. The molecule has 0 radical (unpaired) electrons. The Balaban J connectivity index is 3.82. The molecule has 0 aliphatic heterocycles. The molecule has 0 rings (SSSR count). The van der Waals surface area contributed by atoms with Gasteiger partial charge in [0.2, 0.25) is 5.17 Å². The fourth-order valence-corrected chi connectivity index (χ4v) is 0.474. The van der Waals surface area contributed by atoms with Gasteiger partial charge in [0.05, 0.1) is 6.61 Å². The molecule has 4 nitrogen and oxygen atoms in total. The van der Waals surface area contributed by atoms with Crippen LogP contribution in [-0.4, -0.2) is 24.8 Å². The molecule has 0 fully saturated rings. The van der Waals surface area contributed by atoms with Gasteiger partial charge in [-0.1, -0.05) is 11.6 Å². The summed E-state index contributed by atoms with van der Waals surface area (Å²) in [6.07, 6.45) is 0. The quantitative estimate of drug-likeness (QED) is 0.371. The molecule has 0 heterocycles. The smallest absolute Gasteiger partial charge is 0.370 e. The van der Waals surface area contributed by atoms with E-state index in [0.717, 1.165) is 0 Å². The van der Waals surface area contributed by atoms with Crippen molar-refractivity contribution in [2.45, 2.75) is 6.92 Å². The summed E-state index contributed by atoms with van der Waals surface area (Å²) in [7, 11) is 1.54. The molecule has 58 valence electrons. The maximum Gasteiger partial charge on any atom is 0.370 e. The Morgan fingerprint density at radius 2 is 2.40 bits per heavy atom. The SMILES string of the molecule is CCOC(=O)/C(Cl)=N\NC. The Hall–Kier alpha value is -0.770. The minimum atomic E-state index is -0.612. The second kappa shape index (κ2) is 5.05. The molecule has 0 bridgehead atoms. The molecule has 0 aliphatic carbocycles. The van der Waals surface area contributed by atoms with Gasteiger partial charge in [0, 0.05) is 7.05 Å². The van der Waals surface area contributed by atoms with Crippen LogP contribution in [0.15, 0.2) is 5.10 Å². The normalized spacial score (nSPS) is 10.9. The van der Waals surface area contributed by atoms with Gasteiger partial charge in [0.25, 0.3) is 0 Å². The van der Waals surface area contributed by atoms with E-state index in [1.54, 1.807) is 14.0 Å². The van der Waals surface area contributed by atoms with E-state index in [-0.39, 0.29) is 5.17 Å². The number of hydrogen-bond donors (Lipinski definition) is 1. The number of rotatable bonds is 3. The first kappa shape index (κ1) is 9.23. The Morgan fingerprint density at radius 3 is 2.80 bits per heavy atom. The van der Waals surface area contributed by atoms with Gasteiger partial charge in [0.15, 0.2) is 0 Å². The fourth-order valence-electron chi connectivity index (χ4n) is 0.334. The molecule has 0 spiro atoms. The highest BCUT2D eigenvalue weighted by atomic mass is 35.5. The molecule has 0 aliphatic rings. The van der Waals surface area contributed by atoms with Crippen LogP contribution in [0.3, 0.4) is 0 Å². The summed E-state index contributed by atoms with van der Waals surface area (Å²) in [5.74, 6) is -0.612. The van der Waals surface area contributed by atoms with Gasteiger partial charge in [-0.15, -0.1) is 0 Å². The highest BCUT2D eigenvalue weighted by molar-refractivity contribution is 6.81. The van der Waals surface area contributed by atoms with Crippen LogP contribution in [0.4, 0.5) is 0 Å². The van der Waals surface area contributed by atoms with Crippen LogP contribution in [0.2, 0.25) is 0 Å². The van der Waals surface area contributed by atoms with Crippen LogP contribution in [-0.2, 0) is 9.53 Å². The van der Waals surface area contributed by atoms with Gasteiger partial charge in [-0.3, -0.25) is 0 Å². The number of carbonyl (C=O) groups excluding carboxylic acids is 1. The average Bonchev–Trinajstić information content (AvgIpc) is 1.89. The van der Waals surface area contributed by atoms with Crippen molar-refractivity contribution in [3.05, 3.63) is 0 Å². The van der Waals surface area contributed by atoms with Crippen molar-refractivity contribution in [1.29, 1.82) is 0 Å². The van der Waals surface area contributed by atoms with Crippen LogP contribution in [0, 0.1) is 0 Å². The minimum Gasteiger partial charge on any atom is -0.461 e. The highest BCUT2D eigenvalue weighted by Gasteiger charge is 2.07. The maximum absolute atomic E-state index is 10.6. The molecule has 1 N–H and O–H groups in total. The lowest BCUT2D eigenvalue weighted by Crippen LogP contribution is -2.14. The van der Waals surface area contributed by atoms with Crippen LogP contribution < -0.4 is 5.43 Å². The number of hydrogen-bond acceptors (Lipinski definition) is 4. The van der Waals surface area contributed by atoms with E-state index in [4.69, 9.17) is 11.6 Å². The van der Waals surface area contributed by atoms with Crippen LogP contribution >= 0.6 is 11.6 Å². The zero-order chi connectivity index (χ0) is 7.98. The largest absolute Gasteiger partial charge is 0.461 e. The number of ether oxygens (including phenoxy) is 1. The summed E-state index contributed by atoms with van der Waals surface area (Å²) >= 11 is 5.32. The monoisotopic (exact) mass is 164 g/mol. The van der Waals surface area contributed by atoms with E-state index < -0.39 is 5.97 Å². The van der Waals surface area contributed by atoms with Crippen molar-refractivity contribution in [2.75, 3.05) is 13.7 Å². The molecule has 0 amide bonds.